The average Bonchev–Trinajstić information content (AvgIpc) is 2.50. The molecule has 0 spiro atoms. The van der Waals surface area contributed by atoms with Crippen molar-refractivity contribution in [2.24, 2.45) is 0 Å². The number of amides is 1. The molecule has 1 aromatic heterocycles. The number of rotatable bonds is 2. The number of nitrogens with one attached hydrogen (secondary N) is 2. The van der Waals surface area contributed by atoms with Crippen molar-refractivity contribution >= 4 is 28.4 Å². The lowest BCUT2D eigenvalue weighted by atomic mass is 9.99. The number of fused-ring (bicyclic) bond motifs is 1. The van der Waals surface area contributed by atoms with Gasteiger partial charge >= 0.3 is 0 Å². The molecule has 1 saturated heterocycles. The molecule has 2 atom stereocenters. The lowest BCUT2D eigenvalue weighted by Crippen LogP contribution is -2.51. The van der Waals surface area contributed by atoms with Gasteiger partial charge in [-0.1, -0.05) is 11.6 Å². The van der Waals surface area contributed by atoms with Crippen LogP contribution in [0.1, 0.15) is 30.1 Å². The van der Waals surface area contributed by atoms with Crippen LogP contribution in [0.4, 0.5) is 0 Å². The van der Waals surface area contributed by atoms with Crippen LogP contribution in [0.5, 0.6) is 0 Å². The Balaban J connectivity index is 1.89. The summed E-state index contributed by atoms with van der Waals surface area (Å²) < 4.78 is 0. The van der Waals surface area contributed by atoms with E-state index in [2.05, 4.69) is 22.5 Å². The highest BCUT2D eigenvalue weighted by atomic mass is 35.5. The van der Waals surface area contributed by atoms with Crippen LogP contribution < -0.4 is 10.6 Å². The Bertz CT molecular complexity index is 674. The number of carbonyl (C=O) groups is 1. The summed E-state index contributed by atoms with van der Waals surface area (Å²) in [5.74, 6) is -0.0871. The van der Waals surface area contributed by atoms with E-state index in [1.807, 2.05) is 12.1 Å². The second kappa shape index (κ2) is 6.00. The van der Waals surface area contributed by atoms with Crippen LogP contribution in [0.3, 0.4) is 0 Å². The first-order valence-corrected chi connectivity index (χ1v) is 7.62. The minimum atomic E-state index is -0.0871. The van der Waals surface area contributed by atoms with Crippen molar-refractivity contribution in [3.05, 3.63) is 41.0 Å². The van der Waals surface area contributed by atoms with Gasteiger partial charge in [0.1, 0.15) is 0 Å². The Morgan fingerprint density at radius 2 is 2.29 bits per heavy atom. The smallest absolute Gasteiger partial charge is 0.253 e. The molecule has 1 aliphatic heterocycles. The number of carbonyl (C=O) groups excluding carboxylic acids is 1. The maximum absolute atomic E-state index is 12.6. The van der Waals surface area contributed by atoms with E-state index >= 15 is 0 Å². The molecule has 3 rings (SSSR count). The quantitative estimate of drug-likeness (QED) is 0.897. The molecule has 0 aliphatic carbocycles. The highest BCUT2D eigenvalue weighted by Crippen LogP contribution is 2.25. The molecule has 2 unspecified atom stereocenters. The standard InChI is InChI=1S/C16H18ClN3O/c1-10-14(5-3-8-18-10)20-16(21)12-6-7-13(17)11-4-2-9-19-15(11)12/h2,4,6-7,9-10,14,18H,3,5,8H2,1H3,(H,20,21). The third-order valence-corrected chi connectivity index (χ3v) is 4.37. The Labute approximate surface area is 128 Å². The third kappa shape index (κ3) is 2.87. The minimum absolute atomic E-state index is 0.0871. The zero-order valence-corrected chi connectivity index (χ0v) is 12.7. The highest BCUT2D eigenvalue weighted by molar-refractivity contribution is 6.36. The number of aromatic nitrogens is 1. The maximum atomic E-state index is 12.6. The van der Waals surface area contributed by atoms with Crippen molar-refractivity contribution in [1.29, 1.82) is 0 Å². The van der Waals surface area contributed by atoms with Crippen molar-refractivity contribution in [2.75, 3.05) is 6.54 Å². The fourth-order valence-corrected chi connectivity index (χ4v) is 3.02. The molecule has 21 heavy (non-hydrogen) atoms. The van der Waals surface area contributed by atoms with E-state index in [0.717, 1.165) is 24.8 Å². The van der Waals surface area contributed by atoms with Gasteiger partial charge in [0.2, 0.25) is 0 Å². The van der Waals surface area contributed by atoms with Crippen LogP contribution in [0, 0.1) is 0 Å². The van der Waals surface area contributed by atoms with E-state index in [1.165, 1.54) is 0 Å². The van der Waals surface area contributed by atoms with E-state index in [9.17, 15) is 4.79 Å². The van der Waals surface area contributed by atoms with Crippen molar-refractivity contribution in [2.45, 2.75) is 31.8 Å². The lowest BCUT2D eigenvalue weighted by Gasteiger charge is -2.30. The molecular weight excluding hydrogens is 286 g/mol. The number of halogens is 1. The maximum Gasteiger partial charge on any atom is 0.253 e. The van der Waals surface area contributed by atoms with Crippen LogP contribution in [0.2, 0.25) is 5.02 Å². The van der Waals surface area contributed by atoms with Crippen LogP contribution in [-0.4, -0.2) is 29.5 Å². The fourth-order valence-electron chi connectivity index (χ4n) is 2.81. The Morgan fingerprint density at radius 3 is 3.10 bits per heavy atom. The van der Waals surface area contributed by atoms with Gasteiger partial charge < -0.3 is 10.6 Å². The number of benzene rings is 1. The first-order valence-electron chi connectivity index (χ1n) is 7.24. The molecule has 4 nitrogen and oxygen atoms in total. The summed E-state index contributed by atoms with van der Waals surface area (Å²) in [4.78, 5) is 16.9. The zero-order valence-electron chi connectivity index (χ0n) is 11.9. The summed E-state index contributed by atoms with van der Waals surface area (Å²) >= 11 is 6.17. The molecule has 1 aromatic carbocycles. The summed E-state index contributed by atoms with van der Waals surface area (Å²) in [6.45, 7) is 3.11. The van der Waals surface area contributed by atoms with Gasteiger partial charge in [0.25, 0.3) is 5.91 Å². The van der Waals surface area contributed by atoms with E-state index in [0.29, 0.717) is 16.1 Å². The van der Waals surface area contributed by atoms with Crippen LogP contribution in [-0.2, 0) is 0 Å². The molecule has 5 heteroatoms. The molecule has 0 radical (unpaired) electrons. The van der Waals surface area contributed by atoms with Crippen LogP contribution in [0.15, 0.2) is 30.5 Å². The summed E-state index contributed by atoms with van der Waals surface area (Å²) in [6, 6.07) is 7.64. The normalized spacial score (nSPS) is 22.2. The van der Waals surface area contributed by atoms with Crippen molar-refractivity contribution in [1.82, 2.24) is 15.6 Å². The third-order valence-electron chi connectivity index (χ3n) is 4.04. The number of nitrogens with zero attached hydrogens (tertiary/aromatic N) is 1. The Morgan fingerprint density at radius 1 is 1.43 bits per heavy atom. The van der Waals surface area contributed by atoms with Gasteiger partial charge in [-0.15, -0.1) is 0 Å². The Kier molecular flexibility index (Phi) is 4.08. The van der Waals surface area contributed by atoms with Crippen LogP contribution in [0.25, 0.3) is 10.9 Å². The zero-order chi connectivity index (χ0) is 14.8. The molecule has 2 N–H and O–H groups in total. The van der Waals surface area contributed by atoms with Crippen molar-refractivity contribution < 1.29 is 4.79 Å². The van der Waals surface area contributed by atoms with Gasteiger partial charge in [-0.2, -0.15) is 0 Å². The van der Waals surface area contributed by atoms with Crippen LogP contribution >= 0.6 is 11.6 Å². The van der Waals surface area contributed by atoms with Gasteiger partial charge in [-0.25, -0.2) is 0 Å². The van der Waals surface area contributed by atoms with E-state index < -0.39 is 0 Å². The fraction of sp³-hybridized carbons (Fsp3) is 0.375. The SMILES string of the molecule is CC1NCCCC1NC(=O)c1ccc(Cl)c2cccnc12. The van der Waals surface area contributed by atoms with E-state index in [-0.39, 0.29) is 18.0 Å². The molecule has 2 heterocycles. The largest absolute Gasteiger partial charge is 0.348 e. The monoisotopic (exact) mass is 303 g/mol. The number of hydrogen-bond acceptors (Lipinski definition) is 3. The molecule has 0 saturated carbocycles. The summed E-state index contributed by atoms with van der Waals surface area (Å²) in [7, 11) is 0. The summed E-state index contributed by atoms with van der Waals surface area (Å²) in [5.41, 5.74) is 1.23. The predicted molar refractivity (Wildman–Crippen MR) is 84.7 cm³/mol. The van der Waals surface area contributed by atoms with Crippen molar-refractivity contribution in [3.63, 3.8) is 0 Å². The van der Waals surface area contributed by atoms with Gasteiger partial charge in [0, 0.05) is 23.7 Å². The second-order valence-corrected chi connectivity index (χ2v) is 5.87. The number of pyridine rings is 1. The van der Waals surface area contributed by atoms with E-state index in [4.69, 9.17) is 11.6 Å². The first-order chi connectivity index (χ1) is 10.2. The second-order valence-electron chi connectivity index (χ2n) is 5.46. The average molecular weight is 304 g/mol. The predicted octanol–water partition coefficient (Wildman–Crippen LogP) is 2.76. The molecule has 0 bridgehead atoms. The number of piperidine rings is 1. The lowest BCUT2D eigenvalue weighted by molar-refractivity contribution is 0.0921. The first kappa shape index (κ1) is 14.3. The van der Waals surface area contributed by atoms with Gasteiger partial charge in [0.05, 0.1) is 16.1 Å². The molecule has 1 amide bonds. The molecule has 1 fully saturated rings. The van der Waals surface area contributed by atoms with Gasteiger partial charge in [0.15, 0.2) is 0 Å². The molecule has 110 valence electrons. The van der Waals surface area contributed by atoms with Gasteiger partial charge in [-0.3, -0.25) is 9.78 Å². The molecule has 2 aromatic rings. The summed E-state index contributed by atoms with van der Waals surface area (Å²) in [5, 5.41) is 7.92. The molecule has 1 aliphatic rings. The topological polar surface area (TPSA) is 54.0 Å². The van der Waals surface area contributed by atoms with Gasteiger partial charge in [-0.05, 0) is 50.6 Å². The van der Waals surface area contributed by atoms with Crippen molar-refractivity contribution in [3.8, 4) is 0 Å². The summed E-state index contributed by atoms with van der Waals surface area (Å²) in [6.07, 6.45) is 3.76. The Hall–Kier alpha value is -1.65. The molecular formula is C16H18ClN3O. The highest BCUT2D eigenvalue weighted by Gasteiger charge is 2.23. The number of hydrogen-bond donors (Lipinski definition) is 2. The minimum Gasteiger partial charge on any atom is -0.348 e. The van der Waals surface area contributed by atoms with E-state index in [1.54, 1.807) is 18.3 Å².